The molecule has 0 saturated carbocycles. The van der Waals surface area contributed by atoms with Crippen molar-refractivity contribution in [1.82, 2.24) is 9.97 Å². The summed E-state index contributed by atoms with van der Waals surface area (Å²) in [6, 6.07) is 8.55. The van der Waals surface area contributed by atoms with Crippen molar-refractivity contribution in [3.63, 3.8) is 0 Å². The van der Waals surface area contributed by atoms with Crippen LogP contribution < -0.4 is 16.4 Å². The number of aromatic nitrogens is 2. The van der Waals surface area contributed by atoms with Gasteiger partial charge in [-0.1, -0.05) is 25.1 Å². The van der Waals surface area contributed by atoms with Crippen molar-refractivity contribution in [3.8, 4) is 0 Å². The van der Waals surface area contributed by atoms with Crippen LogP contribution in [-0.2, 0) is 6.42 Å². The Kier molecular flexibility index (Phi) is 5.31. The van der Waals surface area contributed by atoms with Crippen LogP contribution >= 0.6 is 0 Å². The lowest BCUT2D eigenvalue weighted by atomic mass is 10.1. The van der Waals surface area contributed by atoms with Gasteiger partial charge in [0, 0.05) is 19.2 Å². The van der Waals surface area contributed by atoms with Gasteiger partial charge in [0.25, 0.3) is 0 Å². The summed E-state index contributed by atoms with van der Waals surface area (Å²) in [5.74, 6) is 1.35. The summed E-state index contributed by atoms with van der Waals surface area (Å²) in [4.78, 5) is 8.22. The lowest BCUT2D eigenvalue weighted by molar-refractivity contribution is 0.610. The summed E-state index contributed by atoms with van der Waals surface area (Å²) in [6.07, 6.45) is 1.58. The quantitative estimate of drug-likeness (QED) is 0.730. The van der Waals surface area contributed by atoms with Gasteiger partial charge in [-0.15, -0.1) is 0 Å². The number of rotatable bonds is 7. The lowest BCUT2D eigenvalue weighted by Gasteiger charge is -2.09. The van der Waals surface area contributed by atoms with Crippen molar-refractivity contribution in [1.29, 1.82) is 0 Å². The molecule has 0 aliphatic carbocycles. The molecule has 1 aromatic carbocycles. The van der Waals surface area contributed by atoms with E-state index in [1.807, 2.05) is 6.07 Å². The first-order chi connectivity index (χ1) is 10.2. The van der Waals surface area contributed by atoms with Gasteiger partial charge >= 0.3 is 0 Å². The Balaban J connectivity index is 1.93. The molecule has 1 heterocycles. The normalized spacial score (nSPS) is 10.4. The molecule has 5 nitrogen and oxygen atoms in total. The molecule has 0 aliphatic heterocycles. The van der Waals surface area contributed by atoms with E-state index in [9.17, 15) is 4.39 Å². The van der Waals surface area contributed by atoms with E-state index < -0.39 is 0 Å². The van der Waals surface area contributed by atoms with E-state index in [0.717, 1.165) is 13.0 Å². The molecule has 21 heavy (non-hydrogen) atoms. The minimum absolute atomic E-state index is 0.188. The second kappa shape index (κ2) is 7.42. The molecule has 0 fully saturated rings. The molecule has 2 aromatic rings. The standard InChI is InChI=1S/C15H20FN5/c1-2-8-18-13-10-14(21-15(17)20-13)19-9-7-11-5-3-4-6-12(11)16/h3-6,10H,2,7-9H2,1H3,(H4,17,18,19,20,21). The molecular formula is C15H20FN5. The average molecular weight is 289 g/mol. The largest absolute Gasteiger partial charge is 0.370 e. The Labute approximate surface area is 123 Å². The molecule has 0 bridgehead atoms. The second-order valence-electron chi connectivity index (χ2n) is 4.69. The van der Waals surface area contributed by atoms with Crippen molar-refractivity contribution in [2.24, 2.45) is 0 Å². The molecule has 0 saturated heterocycles. The third-order valence-electron chi connectivity index (χ3n) is 2.96. The van der Waals surface area contributed by atoms with Gasteiger partial charge in [-0.3, -0.25) is 0 Å². The number of benzene rings is 1. The van der Waals surface area contributed by atoms with Crippen LogP contribution in [0.5, 0.6) is 0 Å². The third kappa shape index (κ3) is 4.59. The maximum atomic E-state index is 13.5. The number of nitrogens with one attached hydrogen (secondary N) is 2. The van der Waals surface area contributed by atoms with E-state index >= 15 is 0 Å². The summed E-state index contributed by atoms with van der Waals surface area (Å²) in [5, 5.41) is 6.30. The second-order valence-corrected chi connectivity index (χ2v) is 4.69. The molecule has 0 atom stereocenters. The highest BCUT2D eigenvalue weighted by Gasteiger charge is 2.03. The Morgan fingerprint density at radius 2 is 1.76 bits per heavy atom. The Morgan fingerprint density at radius 1 is 1.10 bits per heavy atom. The predicted octanol–water partition coefficient (Wildman–Crippen LogP) is 2.67. The van der Waals surface area contributed by atoms with Crippen LogP contribution in [0.25, 0.3) is 0 Å². The van der Waals surface area contributed by atoms with Gasteiger partial charge in [-0.05, 0) is 24.5 Å². The van der Waals surface area contributed by atoms with Crippen LogP contribution in [0, 0.1) is 5.82 Å². The molecule has 0 radical (unpaired) electrons. The number of hydrogen-bond donors (Lipinski definition) is 3. The fraction of sp³-hybridized carbons (Fsp3) is 0.333. The summed E-state index contributed by atoms with van der Waals surface area (Å²) in [6.45, 7) is 3.47. The molecule has 6 heteroatoms. The van der Waals surface area contributed by atoms with Crippen molar-refractivity contribution in [3.05, 3.63) is 41.7 Å². The fourth-order valence-electron chi connectivity index (χ4n) is 1.93. The lowest BCUT2D eigenvalue weighted by Crippen LogP contribution is -2.11. The molecule has 0 amide bonds. The summed E-state index contributed by atoms with van der Waals surface area (Å²) < 4.78 is 13.5. The van der Waals surface area contributed by atoms with Crippen LogP contribution in [0.4, 0.5) is 22.0 Å². The maximum absolute atomic E-state index is 13.5. The number of hydrogen-bond acceptors (Lipinski definition) is 5. The zero-order valence-corrected chi connectivity index (χ0v) is 12.1. The molecule has 1 aromatic heterocycles. The first-order valence-electron chi connectivity index (χ1n) is 7.04. The molecular weight excluding hydrogens is 269 g/mol. The number of nitrogen functional groups attached to an aromatic ring is 1. The Hall–Kier alpha value is -2.37. The van der Waals surface area contributed by atoms with Crippen molar-refractivity contribution in [2.45, 2.75) is 19.8 Å². The molecule has 112 valence electrons. The summed E-state index contributed by atoms with van der Waals surface area (Å²) in [7, 11) is 0. The van der Waals surface area contributed by atoms with E-state index in [4.69, 9.17) is 5.73 Å². The SMILES string of the molecule is CCCNc1cc(NCCc2ccccc2F)nc(N)n1. The van der Waals surface area contributed by atoms with Gasteiger partial charge in [0.1, 0.15) is 17.5 Å². The number of halogens is 1. The number of nitrogens with two attached hydrogens (primary N) is 1. The molecule has 4 N–H and O–H groups in total. The molecule has 0 unspecified atom stereocenters. The minimum atomic E-state index is -0.188. The van der Waals surface area contributed by atoms with Crippen LogP contribution in [0.2, 0.25) is 0 Å². The van der Waals surface area contributed by atoms with E-state index in [2.05, 4.69) is 27.5 Å². The monoisotopic (exact) mass is 289 g/mol. The molecule has 2 rings (SSSR count). The van der Waals surface area contributed by atoms with E-state index in [0.29, 0.717) is 30.2 Å². The van der Waals surface area contributed by atoms with Crippen LogP contribution in [0.1, 0.15) is 18.9 Å². The van der Waals surface area contributed by atoms with Gasteiger partial charge in [0.2, 0.25) is 5.95 Å². The Bertz CT molecular complexity index is 588. The summed E-state index contributed by atoms with van der Waals surface area (Å²) >= 11 is 0. The highest BCUT2D eigenvalue weighted by atomic mass is 19.1. The first-order valence-corrected chi connectivity index (χ1v) is 7.04. The van der Waals surface area contributed by atoms with E-state index in [1.54, 1.807) is 18.2 Å². The van der Waals surface area contributed by atoms with Crippen molar-refractivity contribution in [2.75, 3.05) is 29.5 Å². The number of anilines is 3. The van der Waals surface area contributed by atoms with Crippen molar-refractivity contribution >= 4 is 17.6 Å². The van der Waals surface area contributed by atoms with E-state index in [1.165, 1.54) is 6.07 Å². The Morgan fingerprint density at radius 3 is 2.43 bits per heavy atom. The maximum Gasteiger partial charge on any atom is 0.223 e. The first kappa shape index (κ1) is 15.0. The van der Waals surface area contributed by atoms with Gasteiger partial charge in [-0.25, -0.2) is 4.39 Å². The van der Waals surface area contributed by atoms with Gasteiger partial charge in [0.05, 0.1) is 0 Å². The zero-order chi connectivity index (χ0) is 15.1. The average Bonchev–Trinajstić information content (AvgIpc) is 2.47. The molecule has 0 aliphatic rings. The van der Waals surface area contributed by atoms with Crippen molar-refractivity contribution < 1.29 is 4.39 Å². The minimum Gasteiger partial charge on any atom is -0.370 e. The number of nitrogens with zero attached hydrogens (tertiary/aromatic N) is 2. The highest BCUT2D eigenvalue weighted by molar-refractivity contribution is 5.51. The smallest absolute Gasteiger partial charge is 0.223 e. The molecule has 0 spiro atoms. The summed E-state index contributed by atoms with van der Waals surface area (Å²) in [5.41, 5.74) is 6.35. The predicted molar refractivity (Wildman–Crippen MR) is 83.8 cm³/mol. The highest BCUT2D eigenvalue weighted by Crippen LogP contribution is 2.13. The topological polar surface area (TPSA) is 75.9 Å². The van der Waals surface area contributed by atoms with Gasteiger partial charge in [-0.2, -0.15) is 9.97 Å². The van der Waals surface area contributed by atoms with Gasteiger partial charge < -0.3 is 16.4 Å². The van der Waals surface area contributed by atoms with E-state index in [-0.39, 0.29) is 11.8 Å². The van der Waals surface area contributed by atoms with Crippen LogP contribution in [0.3, 0.4) is 0 Å². The zero-order valence-electron chi connectivity index (χ0n) is 12.1. The fourth-order valence-corrected chi connectivity index (χ4v) is 1.93. The third-order valence-corrected chi connectivity index (χ3v) is 2.96. The van der Waals surface area contributed by atoms with Crippen LogP contribution in [-0.4, -0.2) is 23.1 Å². The van der Waals surface area contributed by atoms with Crippen LogP contribution in [0.15, 0.2) is 30.3 Å². The van der Waals surface area contributed by atoms with Gasteiger partial charge in [0.15, 0.2) is 0 Å².